The van der Waals surface area contributed by atoms with Crippen molar-refractivity contribution in [2.75, 3.05) is 38.8 Å². The molecule has 1 aromatic heterocycles. The fraction of sp³-hybridized carbons (Fsp3) is 0.432. The lowest BCUT2D eigenvalue weighted by Gasteiger charge is -2.58. The van der Waals surface area contributed by atoms with Crippen LogP contribution in [0.3, 0.4) is 0 Å². The number of nitrogens with zero attached hydrogens (tertiary/aromatic N) is 3. The number of aromatic carboxylic acids is 2. The molecule has 2 bridgehead atoms. The van der Waals surface area contributed by atoms with E-state index < -0.39 is 11.9 Å². The Hall–Kier alpha value is -4.61. The molecule has 3 saturated heterocycles. The number of para-hydroxylation sites is 1. The van der Waals surface area contributed by atoms with Gasteiger partial charge in [0.1, 0.15) is 0 Å². The first-order chi connectivity index (χ1) is 23.1. The minimum absolute atomic E-state index is 0.0242. The first kappa shape index (κ1) is 30.7. The van der Waals surface area contributed by atoms with E-state index in [1.54, 1.807) is 56.4 Å². The van der Waals surface area contributed by atoms with Crippen molar-refractivity contribution in [3.8, 4) is 17.2 Å². The van der Waals surface area contributed by atoms with Crippen LogP contribution in [0.2, 0.25) is 0 Å². The van der Waals surface area contributed by atoms with Crippen molar-refractivity contribution >= 4 is 23.5 Å². The number of hydrogen-bond donors (Lipinski definition) is 2. The molecule has 6 aliphatic rings. The predicted molar refractivity (Wildman–Crippen MR) is 176 cm³/mol. The van der Waals surface area contributed by atoms with E-state index in [2.05, 4.69) is 21.9 Å². The highest BCUT2D eigenvalue weighted by Gasteiger charge is 2.71. The quantitative estimate of drug-likeness (QED) is 0.380. The SMILES string of the molecule is COc1cc2c(cc1OC)C13CCN4CC5=CCOC6CC(=O)N2C1C6C5CC43.Cc1cc(C(=O)O)c(C)n1-c1ccccc1C(=O)O. The number of aryl methyl sites for hydroxylation is 1. The van der Waals surface area contributed by atoms with Gasteiger partial charge in [0.15, 0.2) is 11.5 Å². The van der Waals surface area contributed by atoms with E-state index in [1.807, 2.05) is 6.07 Å². The summed E-state index contributed by atoms with van der Waals surface area (Å²) >= 11 is 0. The number of anilines is 1. The largest absolute Gasteiger partial charge is 0.493 e. The van der Waals surface area contributed by atoms with E-state index in [-0.39, 0.29) is 34.6 Å². The Morgan fingerprint density at radius 1 is 0.979 bits per heavy atom. The van der Waals surface area contributed by atoms with Gasteiger partial charge in [0.2, 0.25) is 5.91 Å². The highest BCUT2D eigenvalue weighted by atomic mass is 16.5. The summed E-state index contributed by atoms with van der Waals surface area (Å²) < 4.78 is 19.2. The van der Waals surface area contributed by atoms with Crippen molar-refractivity contribution in [3.05, 3.63) is 82.2 Å². The lowest BCUT2D eigenvalue weighted by Crippen LogP contribution is -2.69. The molecule has 9 rings (SSSR count). The first-order valence-corrected chi connectivity index (χ1v) is 16.5. The number of piperidine rings is 2. The standard InChI is InChI=1S/C23H26N2O4.C14H13NO4/c1-27-16-8-14-15(9-17(16)28-2)25-20(26)10-18-21-13-7-19-23(14,22(21)25)4-5-24(19)11-12(13)3-6-29-18;1-8-7-11(14(18)19)9(2)15(8)12-6-4-3-5-10(12)13(16)17/h3,8-9,13,18-19,21-22H,4-7,10-11H2,1-2H3;3-7H,1-2H3,(H,16,17)(H,18,19). The second kappa shape index (κ2) is 11.0. The maximum absolute atomic E-state index is 13.5. The molecule has 1 spiro atoms. The van der Waals surface area contributed by atoms with Crippen LogP contribution in [0, 0.1) is 25.7 Å². The van der Waals surface area contributed by atoms with Crippen molar-refractivity contribution in [1.29, 1.82) is 0 Å². The predicted octanol–water partition coefficient (Wildman–Crippen LogP) is 4.60. The molecule has 11 heteroatoms. The van der Waals surface area contributed by atoms with Gasteiger partial charge in [-0.2, -0.15) is 0 Å². The van der Waals surface area contributed by atoms with Crippen LogP contribution in [-0.2, 0) is 14.9 Å². The number of ether oxygens (including phenoxy) is 3. The van der Waals surface area contributed by atoms with Gasteiger partial charge in [-0.1, -0.05) is 23.8 Å². The Balaban J connectivity index is 0.000000155. The third kappa shape index (κ3) is 4.10. The molecule has 1 saturated carbocycles. The highest BCUT2D eigenvalue weighted by molar-refractivity contribution is 6.00. The third-order valence-electron chi connectivity index (χ3n) is 11.9. The smallest absolute Gasteiger partial charge is 0.337 e. The van der Waals surface area contributed by atoms with Crippen molar-refractivity contribution in [2.24, 2.45) is 11.8 Å². The maximum atomic E-state index is 13.5. The monoisotopic (exact) mass is 653 g/mol. The summed E-state index contributed by atoms with van der Waals surface area (Å²) in [5, 5.41) is 18.3. The number of amides is 1. The first-order valence-electron chi connectivity index (χ1n) is 16.5. The Morgan fingerprint density at radius 2 is 1.71 bits per heavy atom. The van der Waals surface area contributed by atoms with Gasteiger partial charge in [-0.3, -0.25) is 9.69 Å². The van der Waals surface area contributed by atoms with Crippen molar-refractivity contribution < 1.29 is 38.8 Å². The zero-order valence-electron chi connectivity index (χ0n) is 27.4. The number of carboxylic acids is 2. The average molecular weight is 654 g/mol. The second-order valence-electron chi connectivity index (χ2n) is 13.7. The zero-order chi connectivity index (χ0) is 33.6. The molecule has 3 aromatic rings. The topological polar surface area (TPSA) is 131 Å². The normalized spacial score (nSPS) is 28.9. The fourth-order valence-corrected chi connectivity index (χ4v) is 10.1. The van der Waals surface area contributed by atoms with E-state index in [0.717, 1.165) is 30.9 Å². The van der Waals surface area contributed by atoms with Crippen LogP contribution in [0.25, 0.3) is 5.69 Å². The van der Waals surface area contributed by atoms with Gasteiger partial charge < -0.3 is 33.9 Å². The summed E-state index contributed by atoms with van der Waals surface area (Å²) in [5.74, 6) is 0.511. The van der Waals surface area contributed by atoms with Crippen LogP contribution >= 0.6 is 0 Å². The highest BCUT2D eigenvalue weighted by Crippen LogP contribution is 2.66. The van der Waals surface area contributed by atoms with Crippen LogP contribution < -0.4 is 14.4 Å². The fourth-order valence-electron chi connectivity index (χ4n) is 10.1. The molecule has 1 amide bonds. The molecule has 4 fully saturated rings. The zero-order valence-corrected chi connectivity index (χ0v) is 27.4. The van der Waals surface area contributed by atoms with E-state index in [1.165, 1.54) is 24.1 Å². The summed E-state index contributed by atoms with van der Waals surface area (Å²) in [4.78, 5) is 40.6. The van der Waals surface area contributed by atoms with Crippen molar-refractivity contribution in [1.82, 2.24) is 9.47 Å². The second-order valence-corrected chi connectivity index (χ2v) is 13.7. The molecule has 11 nitrogen and oxygen atoms in total. The summed E-state index contributed by atoms with van der Waals surface area (Å²) in [6.45, 7) is 6.21. The third-order valence-corrected chi connectivity index (χ3v) is 11.9. The van der Waals surface area contributed by atoms with Crippen LogP contribution in [0.15, 0.2) is 54.1 Å². The summed E-state index contributed by atoms with van der Waals surface area (Å²) in [5.41, 5.74) is 5.84. The number of benzene rings is 2. The molecule has 1 aliphatic carbocycles. The Bertz CT molecular complexity index is 1910. The number of carbonyl (C=O) groups is 3. The molecular weight excluding hydrogens is 614 g/mol. The minimum Gasteiger partial charge on any atom is -0.493 e. The number of fused-ring (bicyclic) bond motifs is 2. The van der Waals surface area contributed by atoms with Gasteiger partial charge in [0.05, 0.1) is 61.9 Å². The lowest BCUT2D eigenvalue weighted by atomic mass is 9.53. The van der Waals surface area contributed by atoms with Crippen LogP contribution in [-0.4, -0.2) is 89.6 Å². The summed E-state index contributed by atoms with van der Waals surface area (Å²) in [7, 11) is 3.36. The number of carbonyl (C=O) groups excluding carboxylic acids is 1. The molecule has 2 aromatic carbocycles. The average Bonchev–Trinajstić information content (AvgIpc) is 3.66. The lowest BCUT2D eigenvalue weighted by molar-refractivity contribution is -0.132. The molecule has 0 radical (unpaired) electrons. The van der Waals surface area contributed by atoms with Crippen molar-refractivity contribution in [3.63, 3.8) is 0 Å². The molecule has 2 N–H and O–H groups in total. The van der Waals surface area contributed by atoms with Crippen LogP contribution in [0.5, 0.6) is 11.5 Å². The molecule has 5 aliphatic heterocycles. The molecule has 6 heterocycles. The van der Waals surface area contributed by atoms with E-state index in [9.17, 15) is 19.5 Å². The van der Waals surface area contributed by atoms with E-state index >= 15 is 0 Å². The number of carboxylic acid groups (broad SMARTS) is 2. The van der Waals surface area contributed by atoms with Crippen molar-refractivity contribution in [2.45, 2.75) is 56.7 Å². The molecular formula is C37H39N3O8. The van der Waals surface area contributed by atoms with Gasteiger partial charge in [-0.05, 0) is 69.0 Å². The molecule has 250 valence electrons. The number of aromatic nitrogens is 1. The van der Waals surface area contributed by atoms with E-state index in [0.29, 0.717) is 53.7 Å². The van der Waals surface area contributed by atoms with E-state index in [4.69, 9.17) is 19.3 Å². The summed E-state index contributed by atoms with van der Waals surface area (Å²) in [6.07, 6.45) is 5.11. The number of hydrogen-bond acceptors (Lipinski definition) is 7. The minimum atomic E-state index is -1.04. The summed E-state index contributed by atoms with van der Waals surface area (Å²) in [6, 6.07) is 12.9. The number of methoxy groups -OCH3 is 2. The number of rotatable bonds is 5. The maximum Gasteiger partial charge on any atom is 0.337 e. The Labute approximate surface area is 278 Å². The molecule has 6 atom stereocenters. The van der Waals surface area contributed by atoms with Gasteiger partial charge in [0.25, 0.3) is 0 Å². The molecule has 48 heavy (non-hydrogen) atoms. The van der Waals surface area contributed by atoms with Gasteiger partial charge in [0, 0.05) is 41.4 Å². The van der Waals surface area contributed by atoms with Crippen LogP contribution in [0.1, 0.15) is 56.9 Å². The van der Waals surface area contributed by atoms with Gasteiger partial charge in [-0.25, -0.2) is 9.59 Å². The Morgan fingerprint density at radius 3 is 2.42 bits per heavy atom. The Kier molecular flexibility index (Phi) is 7.01. The van der Waals surface area contributed by atoms with Gasteiger partial charge >= 0.3 is 11.9 Å². The van der Waals surface area contributed by atoms with Gasteiger partial charge in [-0.15, -0.1) is 0 Å². The molecule has 6 unspecified atom stereocenters. The van der Waals surface area contributed by atoms with Crippen LogP contribution in [0.4, 0.5) is 5.69 Å².